The van der Waals surface area contributed by atoms with E-state index < -0.39 is 0 Å². The molecular weight excluding hydrogens is 220 g/mol. The first kappa shape index (κ1) is 12.2. The van der Waals surface area contributed by atoms with E-state index in [1.807, 2.05) is 36.4 Å². The molecule has 0 heterocycles. The highest BCUT2D eigenvalue weighted by atomic mass is 15.2. The third-order valence-electron chi connectivity index (χ3n) is 2.84. The molecule has 18 heavy (non-hydrogen) atoms. The third kappa shape index (κ3) is 3.14. The normalized spacial score (nSPS) is 11.4. The molecule has 90 valence electrons. The number of nitrogens with zero attached hydrogens (tertiary/aromatic N) is 2. The zero-order valence-corrected chi connectivity index (χ0v) is 10.7. The Bertz CT molecular complexity index is 530. The molecule has 2 rings (SSSR count). The van der Waals surface area contributed by atoms with E-state index in [-0.39, 0.29) is 0 Å². The summed E-state index contributed by atoms with van der Waals surface area (Å²) in [4.78, 5) is 0. The highest BCUT2D eigenvalue weighted by Gasteiger charge is 1.92. The molecule has 0 aliphatic heterocycles. The van der Waals surface area contributed by atoms with E-state index in [0.29, 0.717) is 0 Å². The second kappa shape index (κ2) is 5.92. The van der Waals surface area contributed by atoms with Gasteiger partial charge in [0.25, 0.3) is 0 Å². The average Bonchev–Trinajstić information content (AvgIpc) is 2.38. The molecule has 0 unspecified atom stereocenters. The minimum Gasteiger partial charge on any atom is -0.159 e. The molecule has 0 amide bonds. The summed E-state index contributed by atoms with van der Waals surface area (Å²) in [7, 11) is 0. The van der Waals surface area contributed by atoms with Gasteiger partial charge in [-0.25, -0.2) is 0 Å². The molecule has 0 radical (unpaired) electrons. The highest BCUT2D eigenvalue weighted by Crippen LogP contribution is 2.05. The maximum atomic E-state index is 4.08. The molecule has 2 nitrogen and oxygen atoms in total. The van der Waals surface area contributed by atoms with Crippen LogP contribution < -0.4 is 0 Å². The summed E-state index contributed by atoms with van der Waals surface area (Å²) in [6.45, 7) is 4.12. The summed E-state index contributed by atoms with van der Waals surface area (Å²) in [5, 5.41) is 8.17. The Morgan fingerprint density at radius 2 is 1.06 bits per heavy atom. The number of aryl methyl sites for hydroxylation is 2. The molecular formula is C16H16N2. The first-order valence-corrected chi connectivity index (χ1v) is 5.95. The fraction of sp³-hybridized carbons (Fsp3) is 0.125. The summed E-state index contributed by atoms with van der Waals surface area (Å²) in [5.74, 6) is 0. The van der Waals surface area contributed by atoms with Crippen molar-refractivity contribution in [3.8, 4) is 0 Å². The third-order valence-corrected chi connectivity index (χ3v) is 2.84. The SMILES string of the molecule is Cc1ccccc1/C=N\N=C\c1ccccc1C. The van der Waals surface area contributed by atoms with Crippen LogP contribution in [0.2, 0.25) is 0 Å². The lowest BCUT2D eigenvalue weighted by Crippen LogP contribution is -1.86. The number of hydrogen-bond acceptors (Lipinski definition) is 2. The predicted molar refractivity (Wildman–Crippen MR) is 77.5 cm³/mol. The van der Waals surface area contributed by atoms with E-state index in [2.05, 4.69) is 36.2 Å². The number of rotatable bonds is 3. The van der Waals surface area contributed by atoms with Crippen LogP contribution in [0.4, 0.5) is 0 Å². The maximum absolute atomic E-state index is 4.08. The largest absolute Gasteiger partial charge is 0.159 e. The molecule has 2 heteroatoms. The van der Waals surface area contributed by atoms with E-state index >= 15 is 0 Å². The van der Waals surface area contributed by atoms with Gasteiger partial charge in [0, 0.05) is 0 Å². The van der Waals surface area contributed by atoms with Crippen LogP contribution >= 0.6 is 0 Å². The molecule has 0 bridgehead atoms. The molecule has 2 aromatic rings. The van der Waals surface area contributed by atoms with Gasteiger partial charge in [0.05, 0.1) is 12.4 Å². The van der Waals surface area contributed by atoms with E-state index in [1.54, 1.807) is 12.4 Å². The summed E-state index contributed by atoms with van der Waals surface area (Å²) in [5.41, 5.74) is 4.60. The van der Waals surface area contributed by atoms with Crippen LogP contribution in [0.15, 0.2) is 58.7 Å². The second-order valence-electron chi connectivity index (χ2n) is 4.20. The van der Waals surface area contributed by atoms with Gasteiger partial charge in [-0.05, 0) is 36.1 Å². The molecule has 0 aliphatic rings. The first-order valence-electron chi connectivity index (χ1n) is 5.95. The second-order valence-corrected chi connectivity index (χ2v) is 4.20. The lowest BCUT2D eigenvalue weighted by molar-refractivity contribution is 1.26. The highest BCUT2D eigenvalue weighted by molar-refractivity contribution is 5.84. The van der Waals surface area contributed by atoms with Gasteiger partial charge >= 0.3 is 0 Å². The van der Waals surface area contributed by atoms with E-state index in [4.69, 9.17) is 0 Å². The minimum atomic E-state index is 1.10. The Balaban J connectivity index is 2.08. The van der Waals surface area contributed by atoms with Crippen LogP contribution in [0, 0.1) is 13.8 Å². The standard InChI is InChI=1S/C16H16N2/c1-13-7-3-5-9-15(13)11-17-18-12-16-10-6-4-8-14(16)2/h3-12H,1-2H3/b17-11-,18-12+. The van der Waals surface area contributed by atoms with E-state index in [1.165, 1.54) is 11.1 Å². The minimum absolute atomic E-state index is 1.10. The monoisotopic (exact) mass is 236 g/mol. The molecule has 0 saturated heterocycles. The molecule has 0 aromatic heterocycles. The maximum Gasteiger partial charge on any atom is 0.0570 e. The fourth-order valence-corrected chi connectivity index (χ4v) is 1.65. The first-order chi connectivity index (χ1) is 8.77. The van der Waals surface area contributed by atoms with Crippen molar-refractivity contribution in [3.63, 3.8) is 0 Å². The van der Waals surface area contributed by atoms with Crippen molar-refractivity contribution < 1.29 is 0 Å². The van der Waals surface area contributed by atoms with Gasteiger partial charge in [-0.15, -0.1) is 0 Å². The zero-order chi connectivity index (χ0) is 12.8. The van der Waals surface area contributed by atoms with Crippen molar-refractivity contribution in [1.29, 1.82) is 0 Å². The van der Waals surface area contributed by atoms with Gasteiger partial charge in [0.15, 0.2) is 0 Å². The van der Waals surface area contributed by atoms with E-state index in [9.17, 15) is 0 Å². The van der Waals surface area contributed by atoms with Gasteiger partial charge in [0.2, 0.25) is 0 Å². The molecule has 2 aromatic carbocycles. The topological polar surface area (TPSA) is 24.7 Å². The van der Waals surface area contributed by atoms with Gasteiger partial charge in [-0.2, -0.15) is 10.2 Å². The Morgan fingerprint density at radius 3 is 1.44 bits per heavy atom. The Kier molecular flexibility index (Phi) is 4.02. The van der Waals surface area contributed by atoms with Gasteiger partial charge in [0.1, 0.15) is 0 Å². The van der Waals surface area contributed by atoms with Crippen molar-refractivity contribution in [1.82, 2.24) is 0 Å². The Labute approximate surface area is 108 Å². The molecule has 0 fully saturated rings. The quantitative estimate of drug-likeness (QED) is 0.572. The summed E-state index contributed by atoms with van der Waals surface area (Å²) < 4.78 is 0. The van der Waals surface area contributed by atoms with Crippen molar-refractivity contribution in [3.05, 3.63) is 70.8 Å². The Hall–Kier alpha value is -2.22. The van der Waals surface area contributed by atoms with Crippen molar-refractivity contribution in [2.24, 2.45) is 10.2 Å². The fourth-order valence-electron chi connectivity index (χ4n) is 1.65. The summed E-state index contributed by atoms with van der Waals surface area (Å²) >= 11 is 0. The van der Waals surface area contributed by atoms with Crippen LogP contribution in [0.3, 0.4) is 0 Å². The van der Waals surface area contributed by atoms with Gasteiger partial charge < -0.3 is 0 Å². The average molecular weight is 236 g/mol. The number of hydrogen-bond donors (Lipinski definition) is 0. The van der Waals surface area contributed by atoms with Gasteiger partial charge in [-0.3, -0.25) is 0 Å². The van der Waals surface area contributed by atoms with Crippen molar-refractivity contribution >= 4 is 12.4 Å². The Morgan fingerprint density at radius 1 is 0.667 bits per heavy atom. The van der Waals surface area contributed by atoms with Crippen molar-refractivity contribution in [2.75, 3.05) is 0 Å². The van der Waals surface area contributed by atoms with Crippen LogP contribution in [-0.4, -0.2) is 12.4 Å². The zero-order valence-electron chi connectivity index (χ0n) is 10.7. The van der Waals surface area contributed by atoms with Crippen LogP contribution in [0.25, 0.3) is 0 Å². The lowest BCUT2D eigenvalue weighted by Gasteiger charge is -1.97. The predicted octanol–water partition coefficient (Wildman–Crippen LogP) is 3.76. The smallest absolute Gasteiger partial charge is 0.0570 e. The van der Waals surface area contributed by atoms with Crippen molar-refractivity contribution in [2.45, 2.75) is 13.8 Å². The molecule has 0 atom stereocenters. The van der Waals surface area contributed by atoms with Gasteiger partial charge in [-0.1, -0.05) is 48.5 Å². The summed E-state index contributed by atoms with van der Waals surface area (Å²) in [6, 6.07) is 16.2. The molecule has 0 aliphatic carbocycles. The van der Waals surface area contributed by atoms with Crippen LogP contribution in [0.1, 0.15) is 22.3 Å². The summed E-state index contributed by atoms with van der Waals surface area (Å²) in [6.07, 6.45) is 3.56. The van der Waals surface area contributed by atoms with Crippen LogP contribution in [-0.2, 0) is 0 Å². The molecule has 0 spiro atoms. The van der Waals surface area contributed by atoms with E-state index in [0.717, 1.165) is 11.1 Å². The number of benzene rings is 2. The van der Waals surface area contributed by atoms with Crippen LogP contribution in [0.5, 0.6) is 0 Å². The molecule has 0 saturated carbocycles. The molecule has 0 N–H and O–H groups in total. The lowest BCUT2D eigenvalue weighted by atomic mass is 10.1.